The highest BCUT2D eigenvalue weighted by Crippen LogP contribution is 2.38. The molecular formula is C24H27NO4. The van der Waals surface area contributed by atoms with E-state index in [-0.39, 0.29) is 0 Å². The first-order valence-electron chi connectivity index (χ1n) is 10.8. The van der Waals surface area contributed by atoms with Crippen LogP contribution in [0.4, 0.5) is 11.4 Å². The van der Waals surface area contributed by atoms with Gasteiger partial charge in [0.25, 0.3) is 0 Å². The Labute approximate surface area is 171 Å². The van der Waals surface area contributed by atoms with Crippen LogP contribution in [-0.4, -0.2) is 50.8 Å². The number of anilines is 2. The summed E-state index contributed by atoms with van der Waals surface area (Å²) in [4.78, 5) is 0. The number of nitrogens with one attached hydrogen (secondary N) is 1. The molecule has 5 heteroatoms. The molecule has 4 heterocycles. The molecular weight excluding hydrogens is 366 g/mol. The van der Waals surface area contributed by atoms with Crippen LogP contribution in [0.3, 0.4) is 0 Å². The second kappa shape index (κ2) is 7.40. The van der Waals surface area contributed by atoms with Crippen LogP contribution >= 0.6 is 0 Å². The Balaban J connectivity index is 1.44. The molecule has 5 nitrogen and oxygen atoms in total. The molecule has 4 atom stereocenters. The van der Waals surface area contributed by atoms with Crippen LogP contribution in [0.15, 0.2) is 36.4 Å². The van der Waals surface area contributed by atoms with E-state index in [1.807, 2.05) is 0 Å². The summed E-state index contributed by atoms with van der Waals surface area (Å²) in [7, 11) is 0. The maximum atomic E-state index is 5.65. The number of epoxide rings is 4. The lowest BCUT2D eigenvalue weighted by Gasteiger charge is -2.23. The smallest absolute Gasteiger partial charge is 0.0851 e. The third-order valence-corrected chi connectivity index (χ3v) is 6.17. The van der Waals surface area contributed by atoms with Gasteiger partial charge in [0.2, 0.25) is 0 Å². The molecule has 0 bridgehead atoms. The van der Waals surface area contributed by atoms with Crippen molar-refractivity contribution >= 4 is 11.4 Å². The van der Waals surface area contributed by atoms with Crippen LogP contribution < -0.4 is 5.32 Å². The van der Waals surface area contributed by atoms with Gasteiger partial charge in [0.15, 0.2) is 0 Å². The first-order valence-corrected chi connectivity index (χ1v) is 10.8. The summed E-state index contributed by atoms with van der Waals surface area (Å²) in [6, 6.07) is 12.8. The van der Waals surface area contributed by atoms with Crippen LogP contribution in [0.1, 0.15) is 22.3 Å². The van der Waals surface area contributed by atoms with E-state index in [1.165, 1.54) is 27.9 Å². The maximum Gasteiger partial charge on any atom is 0.0851 e. The number of hydrogen-bond donors (Lipinski definition) is 1. The summed E-state index contributed by atoms with van der Waals surface area (Å²) < 4.78 is 22.5. The predicted octanol–water partition coefficient (Wildman–Crippen LogP) is 3.20. The Kier molecular flexibility index (Phi) is 4.57. The number of benzene rings is 2. The van der Waals surface area contributed by atoms with Crippen molar-refractivity contribution in [2.45, 2.75) is 50.1 Å². The molecule has 6 rings (SSSR count). The number of hydrogen-bond acceptors (Lipinski definition) is 5. The second-order valence-electron chi connectivity index (χ2n) is 8.65. The van der Waals surface area contributed by atoms with Crippen molar-refractivity contribution in [1.29, 1.82) is 0 Å². The summed E-state index contributed by atoms with van der Waals surface area (Å²) >= 11 is 0. The zero-order chi connectivity index (χ0) is 19.2. The highest BCUT2D eigenvalue weighted by atomic mass is 16.6. The van der Waals surface area contributed by atoms with Gasteiger partial charge in [-0.25, -0.2) is 0 Å². The maximum absolute atomic E-state index is 5.65. The Morgan fingerprint density at radius 1 is 0.655 bits per heavy atom. The number of ether oxygens (including phenoxy) is 4. The highest BCUT2D eigenvalue weighted by Gasteiger charge is 2.34. The molecule has 4 aliphatic heterocycles. The highest BCUT2D eigenvalue weighted by molar-refractivity contribution is 5.68. The van der Waals surface area contributed by atoms with E-state index in [9.17, 15) is 0 Å². The molecule has 0 aromatic heterocycles. The van der Waals surface area contributed by atoms with E-state index in [4.69, 9.17) is 18.9 Å². The van der Waals surface area contributed by atoms with Gasteiger partial charge in [-0.05, 0) is 40.5 Å². The summed E-state index contributed by atoms with van der Waals surface area (Å²) in [5.41, 5.74) is 8.04. The van der Waals surface area contributed by atoms with E-state index in [1.54, 1.807) is 0 Å². The summed E-state index contributed by atoms with van der Waals surface area (Å²) in [6.07, 6.45) is 5.32. The quantitative estimate of drug-likeness (QED) is 0.628. The van der Waals surface area contributed by atoms with Crippen molar-refractivity contribution in [2.24, 2.45) is 0 Å². The molecule has 0 radical (unpaired) electrons. The molecule has 4 saturated heterocycles. The van der Waals surface area contributed by atoms with Crippen LogP contribution in [0, 0.1) is 0 Å². The van der Waals surface area contributed by atoms with E-state index in [0.717, 1.165) is 57.8 Å². The average Bonchev–Trinajstić information content (AvgIpc) is 3.50. The van der Waals surface area contributed by atoms with Gasteiger partial charge in [0.05, 0.1) is 50.8 Å². The molecule has 2 aromatic carbocycles. The van der Waals surface area contributed by atoms with Gasteiger partial charge in [-0.3, -0.25) is 0 Å². The zero-order valence-electron chi connectivity index (χ0n) is 16.6. The van der Waals surface area contributed by atoms with Crippen molar-refractivity contribution in [1.82, 2.24) is 0 Å². The van der Waals surface area contributed by atoms with Gasteiger partial charge >= 0.3 is 0 Å². The Morgan fingerprint density at radius 3 is 1.76 bits per heavy atom. The molecule has 0 aliphatic carbocycles. The van der Waals surface area contributed by atoms with Crippen molar-refractivity contribution in [2.75, 3.05) is 31.7 Å². The SMILES string of the molecule is c1ccc(Nc2cc(CC3CO3)c(CC3CO3)c(CC3CO3)c2CC2CO2)cc1. The summed E-state index contributed by atoms with van der Waals surface area (Å²) in [6.45, 7) is 3.49. The molecule has 29 heavy (non-hydrogen) atoms. The minimum absolute atomic E-state index is 0.341. The van der Waals surface area contributed by atoms with E-state index >= 15 is 0 Å². The fraction of sp³-hybridized carbons (Fsp3) is 0.500. The van der Waals surface area contributed by atoms with Crippen LogP contribution in [0.2, 0.25) is 0 Å². The van der Waals surface area contributed by atoms with Crippen LogP contribution in [-0.2, 0) is 44.6 Å². The molecule has 4 unspecified atom stereocenters. The fourth-order valence-corrected chi connectivity index (χ4v) is 4.26. The van der Waals surface area contributed by atoms with Crippen LogP contribution in [0.25, 0.3) is 0 Å². The largest absolute Gasteiger partial charge is 0.373 e. The lowest BCUT2D eigenvalue weighted by atomic mass is 9.85. The molecule has 4 aliphatic rings. The normalized spacial score (nSPS) is 28.8. The molecule has 2 aromatic rings. The van der Waals surface area contributed by atoms with Gasteiger partial charge in [0, 0.05) is 37.1 Å². The zero-order valence-corrected chi connectivity index (χ0v) is 16.6. The summed E-state index contributed by atoms with van der Waals surface area (Å²) in [5.74, 6) is 0. The molecule has 0 saturated carbocycles. The minimum Gasteiger partial charge on any atom is -0.373 e. The molecule has 0 amide bonds. The first kappa shape index (κ1) is 17.9. The molecule has 1 N–H and O–H groups in total. The van der Waals surface area contributed by atoms with Gasteiger partial charge in [-0.1, -0.05) is 18.2 Å². The summed E-state index contributed by atoms with van der Waals surface area (Å²) in [5, 5.41) is 3.70. The Hall–Kier alpha value is -1.92. The topological polar surface area (TPSA) is 62.1 Å². The van der Waals surface area contributed by atoms with Gasteiger partial charge < -0.3 is 24.3 Å². The van der Waals surface area contributed by atoms with Gasteiger partial charge in [0.1, 0.15) is 0 Å². The van der Waals surface area contributed by atoms with E-state index < -0.39 is 0 Å². The van der Waals surface area contributed by atoms with Crippen molar-refractivity contribution in [3.8, 4) is 0 Å². The third kappa shape index (κ3) is 4.48. The third-order valence-electron chi connectivity index (χ3n) is 6.17. The van der Waals surface area contributed by atoms with E-state index in [2.05, 4.69) is 41.7 Å². The average molecular weight is 393 g/mol. The van der Waals surface area contributed by atoms with Gasteiger partial charge in [-0.15, -0.1) is 0 Å². The number of rotatable bonds is 10. The molecule has 152 valence electrons. The Morgan fingerprint density at radius 2 is 1.17 bits per heavy atom. The van der Waals surface area contributed by atoms with E-state index in [0.29, 0.717) is 24.4 Å². The monoisotopic (exact) mass is 393 g/mol. The fourth-order valence-electron chi connectivity index (χ4n) is 4.26. The Bertz CT molecular complexity index is 883. The minimum atomic E-state index is 0.341. The van der Waals surface area contributed by atoms with Crippen LogP contribution in [0.5, 0.6) is 0 Å². The number of para-hydroxylation sites is 1. The predicted molar refractivity (Wildman–Crippen MR) is 110 cm³/mol. The van der Waals surface area contributed by atoms with Crippen molar-refractivity contribution in [3.05, 3.63) is 58.7 Å². The first-order chi connectivity index (χ1) is 14.3. The molecule has 4 fully saturated rings. The van der Waals surface area contributed by atoms with Crippen molar-refractivity contribution < 1.29 is 18.9 Å². The lowest BCUT2D eigenvalue weighted by molar-refractivity contribution is 0.395. The second-order valence-corrected chi connectivity index (χ2v) is 8.65. The molecule has 0 spiro atoms. The standard InChI is InChI=1S/C24H27NO4/c1-2-4-16(5-3-1)25-24-7-15(6-17-11-26-17)21(8-18-12-27-18)22(9-19-13-28-19)23(24)10-20-14-29-20/h1-5,7,17-20,25H,6,8-14H2. The lowest BCUT2D eigenvalue weighted by Crippen LogP contribution is -2.15. The van der Waals surface area contributed by atoms with Crippen molar-refractivity contribution in [3.63, 3.8) is 0 Å². The van der Waals surface area contributed by atoms with Gasteiger partial charge in [-0.2, -0.15) is 0 Å².